The van der Waals surface area contributed by atoms with Crippen LogP contribution < -0.4 is 0 Å². The fourth-order valence-corrected chi connectivity index (χ4v) is 2.36. The second-order valence-corrected chi connectivity index (χ2v) is 5.72. The molecule has 0 saturated carbocycles. The van der Waals surface area contributed by atoms with E-state index in [1.54, 1.807) is 18.5 Å². The molecule has 22 heavy (non-hydrogen) atoms. The van der Waals surface area contributed by atoms with Crippen molar-refractivity contribution in [2.75, 3.05) is 13.6 Å². The summed E-state index contributed by atoms with van der Waals surface area (Å²) in [6, 6.07) is 10.7. The molecule has 0 aliphatic carbocycles. The lowest BCUT2D eigenvalue weighted by atomic mass is 10.0. The van der Waals surface area contributed by atoms with E-state index in [4.69, 9.17) is 11.6 Å². The highest BCUT2D eigenvalue weighted by Gasteiger charge is 2.10. The summed E-state index contributed by atoms with van der Waals surface area (Å²) in [7, 11) is 1.95. The van der Waals surface area contributed by atoms with Crippen molar-refractivity contribution in [3.05, 3.63) is 63.9 Å². The van der Waals surface area contributed by atoms with Crippen molar-refractivity contribution in [3.8, 4) is 0 Å². The number of hydrogen-bond donors (Lipinski definition) is 0. The smallest absolute Gasteiger partial charge is 0.126 e. The average molecular weight is 319 g/mol. The summed E-state index contributed by atoms with van der Waals surface area (Å²) in [6.07, 6.45) is 2.22. The molecule has 0 atom stereocenters. The van der Waals surface area contributed by atoms with E-state index in [2.05, 4.69) is 4.99 Å². The van der Waals surface area contributed by atoms with Crippen LogP contribution in [0, 0.1) is 12.7 Å². The maximum absolute atomic E-state index is 13.8. The molecule has 2 aromatic rings. The molecule has 0 N–H and O–H groups in total. The van der Waals surface area contributed by atoms with Crippen LogP contribution >= 0.6 is 11.6 Å². The quantitative estimate of drug-likeness (QED) is 0.560. The van der Waals surface area contributed by atoms with Crippen LogP contribution in [-0.4, -0.2) is 24.8 Å². The second kappa shape index (κ2) is 7.41. The first kappa shape index (κ1) is 16.5. The number of rotatable bonds is 5. The summed E-state index contributed by atoms with van der Waals surface area (Å²) in [4.78, 5) is 6.40. The van der Waals surface area contributed by atoms with Gasteiger partial charge < -0.3 is 4.90 Å². The maximum Gasteiger partial charge on any atom is 0.126 e. The summed E-state index contributed by atoms with van der Waals surface area (Å²) in [5.74, 6) is -0.212. The maximum atomic E-state index is 13.8. The van der Waals surface area contributed by atoms with Gasteiger partial charge in [-0.25, -0.2) is 9.38 Å². The summed E-state index contributed by atoms with van der Waals surface area (Å²) in [5.41, 5.74) is 3.30. The SMILES string of the molecule is CCN(C)/C=N\c1cc(C)cc(Cc2ccccc2F)c1Cl. The summed E-state index contributed by atoms with van der Waals surface area (Å²) >= 11 is 6.45. The van der Waals surface area contributed by atoms with E-state index in [0.29, 0.717) is 22.7 Å². The van der Waals surface area contributed by atoms with Gasteiger partial charge in [0.2, 0.25) is 0 Å². The Morgan fingerprint density at radius 3 is 2.64 bits per heavy atom. The Morgan fingerprint density at radius 1 is 1.23 bits per heavy atom. The van der Waals surface area contributed by atoms with E-state index in [0.717, 1.165) is 17.7 Å². The van der Waals surface area contributed by atoms with Crippen molar-refractivity contribution < 1.29 is 4.39 Å². The van der Waals surface area contributed by atoms with Crippen molar-refractivity contribution in [2.45, 2.75) is 20.3 Å². The molecule has 0 unspecified atom stereocenters. The standard InChI is InChI=1S/C18H20ClFN2/c1-4-22(3)12-21-17-10-13(2)9-15(18(17)19)11-14-7-5-6-8-16(14)20/h5-10,12H,4,11H2,1-3H3/b21-12-. The van der Waals surface area contributed by atoms with Gasteiger partial charge in [0.25, 0.3) is 0 Å². The molecule has 0 aromatic heterocycles. The van der Waals surface area contributed by atoms with Crippen LogP contribution in [0.25, 0.3) is 0 Å². The molecule has 0 fully saturated rings. The largest absolute Gasteiger partial charge is 0.366 e. The molecule has 2 aromatic carbocycles. The lowest BCUT2D eigenvalue weighted by Gasteiger charge is -2.12. The van der Waals surface area contributed by atoms with Crippen LogP contribution in [0.3, 0.4) is 0 Å². The number of benzene rings is 2. The van der Waals surface area contributed by atoms with E-state index in [1.165, 1.54) is 6.07 Å². The van der Waals surface area contributed by atoms with Crippen LogP contribution in [0.5, 0.6) is 0 Å². The molecule has 2 rings (SSSR count). The van der Waals surface area contributed by atoms with E-state index < -0.39 is 0 Å². The van der Waals surface area contributed by atoms with Crippen LogP contribution in [0.15, 0.2) is 41.4 Å². The molecule has 0 aliphatic heterocycles. The van der Waals surface area contributed by atoms with E-state index in [9.17, 15) is 4.39 Å². The Morgan fingerprint density at radius 2 is 1.95 bits per heavy atom. The van der Waals surface area contributed by atoms with Gasteiger partial charge in [-0.15, -0.1) is 0 Å². The monoisotopic (exact) mass is 318 g/mol. The van der Waals surface area contributed by atoms with Gasteiger partial charge in [0, 0.05) is 20.0 Å². The summed E-state index contributed by atoms with van der Waals surface area (Å²) in [5, 5.41) is 0.578. The Balaban J connectivity index is 2.35. The molecule has 0 saturated heterocycles. The molecule has 0 aliphatic rings. The van der Waals surface area contributed by atoms with Crippen LogP contribution in [0.2, 0.25) is 5.02 Å². The van der Waals surface area contributed by atoms with E-state index in [1.807, 2.05) is 44.0 Å². The molecule has 0 bridgehead atoms. The molecular formula is C18H20ClFN2. The summed E-state index contributed by atoms with van der Waals surface area (Å²) in [6.45, 7) is 4.91. The third kappa shape index (κ3) is 4.08. The minimum Gasteiger partial charge on any atom is -0.366 e. The average Bonchev–Trinajstić information content (AvgIpc) is 2.50. The highest BCUT2D eigenvalue weighted by atomic mass is 35.5. The van der Waals surface area contributed by atoms with Gasteiger partial charge in [-0.1, -0.05) is 35.9 Å². The lowest BCUT2D eigenvalue weighted by molar-refractivity contribution is 0.552. The van der Waals surface area contributed by atoms with Crippen LogP contribution in [0.4, 0.5) is 10.1 Å². The Labute approximate surface area is 136 Å². The number of aryl methyl sites for hydroxylation is 1. The molecule has 0 radical (unpaired) electrons. The topological polar surface area (TPSA) is 15.6 Å². The van der Waals surface area contributed by atoms with Gasteiger partial charge in [-0.2, -0.15) is 0 Å². The Kier molecular flexibility index (Phi) is 5.56. The molecule has 0 heterocycles. The minimum absolute atomic E-state index is 0.212. The van der Waals surface area contributed by atoms with E-state index in [-0.39, 0.29) is 5.82 Å². The molecule has 2 nitrogen and oxygen atoms in total. The van der Waals surface area contributed by atoms with Crippen LogP contribution in [-0.2, 0) is 6.42 Å². The first-order valence-corrected chi connectivity index (χ1v) is 7.66. The van der Waals surface area contributed by atoms with Crippen molar-refractivity contribution in [3.63, 3.8) is 0 Å². The predicted molar refractivity (Wildman–Crippen MR) is 91.9 cm³/mol. The fourth-order valence-electron chi connectivity index (χ4n) is 2.14. The number of halogens is 2. The number of aliphatic imine (C=N–C) groups is 1. The normalized spacial score (nSPS) is 11.1. The zero-order chi connectivity index (χ0) is 16.1. The first-order chi connectivity index (χ1) is 10.5. The number of hydrogen-bond acceptors (Lipinski definition) is 1. The second-order valence-electron chi connectivity index (χ2n) is 5.34. The van der Waals surface area contributed by atoms with Gasteiger partial charge >= 0.3 is 0 Å². The molecule has 0 amide bonds. The van der Waals surface area contributed by atoms with Gasteiger partial charge in [0.15, 0.2) is 0 Å². The lowest BCUT2D eigenvalue weighted by Crippen LogP contribution is -2.14. The summed E-state index contributed by atoms with van der Waals surface area (Å²) < 4.78 is 13.8. The fraction of sp³-hybridized carbons (Fsp3) is 0.278. The van der Waals surface area contributed by atoms with E-state index >= 15 is 0 Å². The Bertz CT molecular complexity index is 683. The van der Waals surface area contributed by atoms with Gasteiger partial charge in [-0.3, -0.25) is 0 Å². The highest BCUT2D eigenvalue weighted by Crippen LogP contribution is 2.32. The van der Waals surface area contributed by atoms with Crippen molar-refractivity contribution >= 4 is 23.6 Å². The molecule has 4 heteroatoms. The zero-order valence-electron chi connectivity index (χ0n) is 13.1. The zero-order valence-corrected chi connectivity index (χ0v) is 13.9. The van der Waals surface area contributed by atoms with Crippen LogP contribution in [0.1, 0.15) is 23.6 Å². The highest BCUT2D eigenvalue weighted by molar-refractivity contribution is 6.33. The third-order valence-electron chi connectivity index (χ3n) is 3.50. The molecular weight excluding hydrogens is 299 g/mol. The van der Waals surface area contributed by atoms with Gasteiger partial charge in [0.05, 0.1) is 17.0 Å². The van der Waals surface area contributed by atoms with Crippen molar-refractivity contribution in [2.24, 2.45) is 4.99 Å². The molecule has 116 valence electrons. The van der Waals surface area contributed by atoms with Crippen molar-refractivity contribution in [1.29, 1.82) is 0 Å². The van der Waals surface area contributed by atoms with Gasteiger partial charge in [-0.05, 0) is 42.7 Å². The van der Waals surface area contributed by atoms with Crippen molar-refractivity contribution in [1.82, 2.24) is 4.90 Å². The number of nitrogens with zero attached hydrogens (tertiary/aromatic N) is 2. The molecule has 0 spiro atoms. The Hall–Kier alpha value is -1.87. The first-order valence-electron chi connectivity index (χ1n) is 7.28. The predicted octanol–water partition coefficient (Wildman–Crippen LogP) is 4.99. The van der Waals surface area contributed by atoms with Gasteiger partial charge in [0.1, 0.15) is 5.82 Å². The minimum atomic E-state index is -0.212. The third-order valence-corrected chi connectivity index (χ3v) is 3.94.